The Morgan fingerprint density at radius 3 is 2.76 bits per heavy atom. The van der Waals surface area contributed by atoms with Crippen LogP contribution in [0, 0.1) is 18.8 Å². The Balaban J connectivity index is 1.36. The van der Waals surface area contributed by atoms with Crippen LogP contribution in [0.25, 0.3) is 11.0 Å². The van der Waals surface area contributed by atoms with E-state index >= 15 is 0 Å². The van der Waals surface area contributed by atoms with Gasteiger partial charge in [-0.1, -0.05) is 0 Å². The first-order valence-corrected chi connectivity index (χ1v) is 9.35. The number of fused-ring (bicyclic) bond motifs is 1. The number of aryl methyl sites for hydroxylation is 1. The van der Waals surface area contributed by atoms with Gasteiger partial charge < -0.3 is 14.6 Å². The molecule has 3 heterocycles. The van der Waals surface area contributed by atoms with Crippen LogP contribution in [-0.2, 0) is 11.3 Å². The van der Waals surface area contributed by atoms with Gasteiger partial charge in [0.05, 0.1) is 5.60 Å². The summed E-state index contributed by atoms with van der Waals surface area (Å²) in [6.45, 7) is 6.62. The van der Waals surface area contributed by atoms with Crippen LogP contribution in [0.2, 0.25) is 0 Å². The number of aromatic nitrogens is 2. The van der Waals surface area contributed by atoms with E-state index in [9.17, 15) is 9.90 Å². The van der Waals surface area contributed by atoms with Crippen LogP contribution in [0.15, 0.2) is 24.4 Å². The predicted octanol–water partition coefficient (Wildman–Crippen LogP) is 2.74. The second-order valence-corrected chi connectivity index (χ2v) is 8.18. The van der Waals surface area contributed by atoms with Gasteiger partial charge in [-0.05, 0) is 63.6 Å². The third kappa shape index (κ3) is 3.17. The lowest BCUT2D eigenvalue weighted by Gasteiger charge is -2.43. The van der Waals surface area contributed by atoms with Gasteiger partial charge in [0.15, 0.2) is 0 Å². The number of rotatable bonds is 3. The lowest BCUT2D eigenvalue weighted by molar-refractivity contribution is -0.151. The highest BCUT2D eigenvalue weighted by atomic mass is 16.3. The molecule has 1 amide bonds. The third-order valence-corrected chi connectivity index (χ3v) is 5.95. The third-order valence-electron chi connectivity index (χ3n) is 5.95. The van der Waals surface area contributed by atoms with Crippen LogP contribution >= 0.6 is 0 Å². The van der Waals surface area contributed by atoms with E-state index in [4.69, 9.17) is 0 Å². The van der Waals surface area contributed by atoms with Crippen LogP contribution in [0.5, 0.6) is 0 Å². The average molecular weight is 341 g/mol. The van der Waals surface area contributed by atoms with Gasteiger partial charge >= 0.3 is 0 Å². The Morgan fingerprint density at radius 2 is 2.08 bits per heavy atom. The monoisotopic (exact) mass is 341 g/mol. The van der Waals surface area contributed by atoms with Crippen molar-refractivity contribution in [1.29, 1.82) is 0 Å². The molecule has 0 bridgehead atoms. The first-order chi connectivity index (χ1) is 11.9. The molecule has 0 radical (unpaired) electrons. The van der Waals surface area contributed by atoms with Gasteiger partial charge in [-0.25, -0.2) is 4.98 Å². The van der Waals surface area contributed by atoms with Gasteiger partial charge in [-0.2, -0.15) is 0 Å². The summed E-state index contributed by atoms with van der Waals surface area (Å²) in [6.07, 6.45) is 5.17. The second-order valence-electron chi connectivity index (χ2n) is 8.18. The van der Waals surface area contributed by atoms with Crippen molar-refractivity contribution >= 4 is 16.9 Å². The maximum absolute atomic E-state index is 12.5. The molecule has 1 saturated heterocycles. The van der Waals surface area contributed by atoms with Crippen LogP contribution in [0.1, 0.15) is 38.3 Å². The maximum atomic E-state index is 12.5. The summed E-state index contributed by atoms with van der Waals surface area (Å²) in [5.74, 6) is 0.866. The Morgan fingerprint density at radius 1 is 1.36 bits per heavy atom. The number of hydrogen-bond donors (Lipinski definition) is 1. The van der Waals surface area contributed by atoms with Gasteiger partial charge in [0.2, 0.25) is 5.91 Å². The van der Waals surface area contributed by atoms with Gasteiger partial charge in [0.25, 0.3) is 0 Å². The summed E-state index contributed by atoms with van der Waals surface area (Å²) in [4.78, 5) is 19.1. The smallest absolute Gasteiger partial charge is 0.225 e. The summed E-state index contributed by atoms with van der Waals surface area (Å²) >= 11 is 0. The first-order valence-electron chi connectivity index (χ1n) is 9.35. The van der Waals surface area contributed by atoms with Gasteiger partial charge in [-0.15, -0.1) is 0 Å². The minimum atomic E-state index is -0.626. The van der Waals surface area contributed by atoms with Crippen LogP contribution in [0.4, 0.5) is 0 Å². The topological polar surface area (TPSA) is 58.4 Å². The Bertz CT molecular complexity index is 779. The van der Waals surface area contributed by atoms with E-state index in [2.05, 4.69) is 28.6 Å². The fraction of sp³-hybridized carbons (Fsp3) is 0.600. The molecule has 5 nitrogen and oxygen atoms in total. The number of carbonyl (C=O) groups is 1. The molecule has 0 spiro atoms. The molecule has 0 atom stereocenters. The second kappa shape index (κ2) is 6.13. The minimum absolute atomic E-state index is 0.0337. The van der Waals surface area contributed by atoms with Crippen molar-refractivity contribution in [3.05, 3.63) is 30.1 Å². The molecular formula is C20H27N3O2. The van der Waals surface area contributed by atoms with Crippen molar-refractivity contribution in [1.82, 2.24) is 14.5 Å². The quantitative estimate of drug-likeness (QED) is 0.934. The highest BCUT2D eigenvalue weighted by Gasteiger charge is 2.44. The molecule has 0 unspecified atom stereocenters. The number of likely N-dealkylation sites (tertiary alicyclic amines) is 1. The number of pyridine rings is 1. The van der Waals surface area contributed by atoms with Crippen LogP contribution in [-0.4, -0.2) is 44.2 Å². The molecule has 25 heavy (non-hydrogen) atoms. The van der Waals surface area contributed by atoms with Crippen molar-refractivity contribution < 1.29 is 9.90 Å². The van der Waals surface area contributed by atoms with E-state index in [0.29, 0.717) is 18.8 Å². The standard InChI is InChI=1S/C20H27N3O2/c1-14-10-16-4-3-7-21-18(16)23(14)13-15-5-8-22(9-6-15)19(24)17-11-20(2,25)12-17/h3-4,7,10,15,17,25H,5-6,8-9,11-13H2,1-2H3/t17-,20+. The normalized spacial score (nSPS) is 27.5. The zero-order valence-corrected chi connectivity index (χ0v) is 15.1. The molecule has 4 rings (SSSR count). The summed E-state index contributed by atoms with van der Waals surface area (Å²) in [5, 5.41) is 11.0. The maximum Gasteiger partial charge on any atom is 0.225 e. The summed E-state index contributed by atoms with van der Waals surface area (Å²) < 4.78 is 2.32. The van der Waals surface area contributed by atoms with E-state index in [1.54, 1.807) is 0 Å². The lowest BCUT2D eigenvalue weighted by Crippen LogP contribution is -2.51. The van der Waals surface area contributed by atoms with Crippen LogP contribution in [0.3, 0.4) is 0 Å². The Hall–Kier alpha value is -1.88. The average Bonchev–Trinajstić information content (AvgIpc) is 2.88. The van der Waals surface area contributed by atoms with E-state index in [1.807, 2.05) is 24.1 Å². The summed E-state index contributed by atoms with van der Waals surface area (Å²) in [5.41, 5.74) is 1.69. The fourth-order valence-corrected chi connectivity index (χ4v) is 4.48. The SMILES string of the molecule is Cc1cc2cccnc2n1CC1CCN(C(=O)[C@H]2C[C@@](C)(O)C2)CC1. The molecule has 1 N–H and O–H groups in total. The zero-order valence-electron chi connectivity index (χ0n) is 15.1. The Labute approximate surface area is 148 Å². The molecular weight excluding hydrogens is 314 g/mol. The molecule has 2 aliphatic rings. The number of carbonyl (C=O) groups excluding carboxylic acids is 1. The van der Waals surface area contributed by atoms with E-state index in [1.165, 1.54) is 11.1 Å². The molecule has 0 aromatic carbocycles. The first kappa shape index (κ1) is 16.6. The highest BCUT2D eigenvalue weighted by molar-refractivity contribution is 5.80. The molecule has 1 aliphatic heterocycles. The number of piperidine rings is 1. The van der Waals surface area contributed by atoms with Crippen molar-refractivity contribution in [2.75, 3.05) is 13.1 Å². The molecule has 2 aromatic rings. The number of aliphatic hydroxyl groups is 1. The fourth-order valence-electron chi connectivity index (χ4n) is 4.48. The van der Waals surface area contributed by atoms with E-state index in [0.717, 1.165) is 38.1 Å². The van der Waals surface area contributed by atoms with Gasteiger partial charge in [0.1, 0.15) is 5.65 Å². The van der Waals surface area contributed by atoms with Crippen molar-refractivity contribution in [2.45, 2.75) is 51.7 Å². The summed E-state index contributed by atoms with van der Waals surface area (Å²) in [7, 11) is 0. The highest BCUT2D eigenvalue weighted by Crippen LogP contribution is 2.39. The molecule has 134 valence electrons. The van der Waals surface area contributed by atoms with Crippen molar-refractivity contribution in [2.24, 2.45) is 11.8 Å². The molecule has 1 aliphatic carbocycles. The number of hydrogen-bond acceptors (Lipinski definition) is 3. The molecule has 1 saturated carbocycles. The lowest BCUT2D eigenvalue weighted by atomic mass is 9.71. The van der Waals surface area contributed by atoms with E-state index in [-0.39, 0.29) is 11.8 Å². The van der Waals surface area contributed by atoms with E-state index < -0.39 is 5.60 Å². The zero-order chi connectivity index (χ0) is 17.6. The van der Waals surface area contributed by atoms with Crippen LogP contribution < -0.4 is 0 Å². The molecule has 2 aromatic heterocycles. The van der Waals surface area contributed by atoms with Gasteiger partial charge in [-0.3, -0.25) is 4.79 Å². The number of nitrogens with zero attached hydrogens (tertiary/aromatic N) is 3. The number of amides is 1. The molecule has 2 fully saturated rings. The summed E-state index contributed by atoms with van der Waals surface area (Å²) in [6, 6.07) is 6.29. The minimum Gasteiger partial charge on any atom is -0.390 e. The molecule has 5 heteroatoms. The largest absolute Gasteiger partial charge is 0.390 e. The van der Waals surface area contributed by atoms with Crippen molar-refractivity contribution in [3.63, 3.8) is 0 Å². The predicted molar refractivity (Wildman–Crippen MR) is 97.1 cm³/mol. The van der Waals surface area contributed by atoms with Gasteiger partial charge in [0, 0.05) is 42.8 Å². The Kier molecular flexibility index (Phi) is 4.07. The van der Waals surface area contributed by atoms with Crippen molar-refractivity contribution in [3.8, 4) is 0 Å².